The highest BCUT2D eigenvalue weighted by Crippen LogP contribution is 2.23. The molecule has 0 aliphatic heterocycles. The van der Waals surface area contributed by atoms with Crippen LogP contribution in [0.2, 0.25) is 0 Å². The predicted molar refractivity (Wildman–Crippen MR) is 69.0 cm³/mol. The second-order valence-corrected chi connectivity index (χ2v) is 3.96. The normalized spacial score (nSPS) is 10.3. The summed E-state index contributed by atoms with van der Waals surface area (Å²) in [4.78, 5) is 14.0. The van der Waals surface area contributed by atoms with Crippen molar-refractivity contribution in [3.8, 4) is 0 Å². The molecule has 0 saturated carbocycles. The first kappa shape index (κ1) is 13.7. The maximum absolute atomic E-state index is 13.0. The lowest BCUT2D eigenvalue weighted by Gasteiger charge is -2.07. The quantitative estimate of drug-likeness (QED) is 0.662. The first-order valence-electron chi connectivity index (χ1n) is 5.56. The number of nitrogens with zero attached hydrogens (tertiary/aromatic N) is 2. The van der Waals surface area contributed by atoms with Crippen molar-refractivity contribution in [3.05, 3.63) is 57.6 Å². The standard InChI is InChI=1S/C12H10F2N4O2/c13-8-2-1-7(5-9(8)14)6-16-12-10(18(19)20)3-4-11(15)17-12/h1-5H,6H2,(H3,15,16,17). The van der Waals surface area contributed by atoms with Gasteiger partial charge in [0.05, 0.1) is 4.92 Å². The van der Waals surface area contributed by atoms with Gasteiger partial charge in [-0.2, -0.15) is 0 Å². The van der Waals surface area contributed by atoms with E-state index in [0.717, 1.165) is 12.1 Å². The maximum atomic E-state index is 13.0. The van der Waals surface area contributed by atoms with E-state index in [2.05, 4.69) is 10.3 Å². The number of pyridine rings is 1. The Bertz CT molecular complexity index is 664. The Balaban J connectivity index is 2.20. The molecule has 6 nitrogen and oxygen atoms in total. The molecule has 0 amide bonds. The number of rotatable bonds is 4. The minimum Gasteiger partial charge on any atom is -0.384 e. The highest BCUT2D eigenvalue weighted by atomic mass is 19.2. The molecule has 0 atom stereocenters. The number of aromatic nitrogens is 1. The fraction of sp³-hybridized carbons (Fsp3) is 0.0833. The fourth-order valence-electron chi connectivity index (χ4n) is 1.58. The van der Waals surface area contributed by atoms with Gasteiger partial charge < -0.3 is 11.1 Å². The SMILES string of the molecule is Nc1ccc([N+](=O)[O-])c(NCc2ccc(F)c(F)c2)n1. The molecule has 2 rings (SSSR count). The molecular weight excluding hydrogens is 270 g/mol. The smallest absolute Gasteiger partial charge is 0.311 e. The zero-order chi connectivity index (χ0) is 14.7. The Morgan fingerprint density at radius 1 is 1.25 bits per heavy atom. The molecular formula is C12H10F2N4O2. The zero-order valence-corrected chi connectivity index (χ0v) is 10.1. The summed E-state index contributed by atoms with van der Waals surface area (Å²) < 4.78 is 25.8. The predicted octanol–water partition coefficient (Wildman–Crippen LogP) is 2.46. The third kappa shape index (κ3) is 2.97. The molecule has 1 aromatic carbocycles. The fourth-order valence-corrected chi connectivity index (χ4v) is 1.58. The summed E-state index contributed by atoms with van der Waals surface area (Å²) in [6.45, 7) is 0.0501. The number of nitrogen functional groups attached to an aromatic ring is 1. The molecule has 104 valence electrons. The van der Waals surface area contributed by atoms with E-state index in [0.29, 0.717) is 5.56 Å². The van der Waals surface area contributed by atoms with Gasteiger partial charge in [0.25, 0.3) is 0 Å². The van der Waals surface area contributed by atoms with E-state index in [9.17, 15) is 18.9 Å². The first-order valence-corrected chi connectivity index (χ1v) is 5.56. The van der Waals surface area contributed by atoms with Crippen LogP contribution in [0, 0.1) is 21.7 Å². The Hall–Kier alpha value is -2.77. The molecule has 2 aromatic rings. The third-order valence-corrected chi connectivity index (χ3v) is 2.54. The van der Waals surface area contributed by atoms with Crippen molar-refractivity contribution in [2.45, 2.75) is 6.54 Å². The summed E-state index contributed by atoms with van der Waals surface area (Å²) in [5.41, 5.74) is 5.63. The van der Waals surface area contributed by atoms with Crippen molar-refractivity contribution in [1.29, 1.82) is 0 Å². The lowest BCUT2D eigenvalue weighted by molar-refractivity contribution is -0.384. The number of nitrogens with one attached hydrogen (secondary N) is 1. The van der Waals surface area contributed by atoms with E-state index in [1.54, 1.807) is 0 Å². The molecule has 0 radical (unpaired) electrons. The van der Waals surface area contributed by atoms with Crippen molar-refractivity contribution in [3.63, 3.8) is 0 Å². The lowest BCUT2D eigenvalue weighted by Crippen LogP contribution is -2.06. The van der Waals surface area contributed by atoms with Crippen LogP contribution in [0.4, 0.5) is 26.1 Å². The second-order valence-electron chi connectivity index (χ2n) is 3.96. The van der Waals surface area contributed by atoms with Gasteiger partial charge in [-0.3, -0.25) is 10.1 Å². The van der Waals surface area contributed by atoms with Crippen LogP contribution in [0.3, 0.4) is 0 Å². The molecule has 0 aliphatic carbocycles. The number of nitro groups is 1. The van der Waals surface area contributed by atoms with Crippen molar-refractivity contribution in [1.82, 2.24) is 4.98 Å². The van der Waals surface area contributed by atoms with Crippen molar-refractivity contribution in [2.75, 3.05) is 11.1 Å². The van der Waals surface area contributed by atoms with E-state index in [4.69, 9.17) is 5.73 Å². The minimum atomic E-state index is -0.987. The second kappa shape index (κ2) is 5.47. The van der Waals surface area contributed by atoms with Crippen LogP contribution in [-0.4, -0.2) is 9.91 Å². The largest absolute Gasteiger partial charge is 0.384 e. The Kier molecular flexibility index (Phi) is 3.74. The van der Waals surface area contributed by atoms with Crippen LogP contribution >= 0.6 is 0 Å². The summed E-state index contributed by atoms with van der Waals surface area (Å²) in [7, 11) is 0. The van der Waals surface area contributed by atoms with Crippen molar-refractivity contribution >= 4 is 17.3 Å². The summed E-state index contributed by atoms with van der Waals surface area (Å²) in [5.74, 6) is -1.86. The third-order valence-electron chi connectivity index (χ3n) is 2.54. The number of hydrogen-bond donors (Lipinski definition) is 2. The monoisotopic (exact) mass is 280 g/mol. The van der Waals surface area contributed by atoms with Gasteiger partial charge in [0.2, 0.25) is 5.82 Å². The highest BCUT2D eigenvalue weighted by molar-refractivity contribution is 5.59. The molecule has 8 heteroatoms. The maximum Gasteiger partial charge on any atom is 0.311 e. The Morgan fingerprint density at radius 3 is 2.65 bits per heavy atom. The molecule has 3 N–H and O–H groups in total. The van der Waals surface area contributed by atoms with Gasteiger partial charge in [-0.15, -0.1) is 0 Å². The van der Waals surface area contributed by atoms with Crippen LogP contribution in [0.15, 0.2) is 30.3 Å². The summed E-state index contributed by atoms with van der Waals surface area (Å²) >= 11 is 0. The number of hydrogen-bond acceptors (Lipinski definition) is 5. The van der Waals surface area contributed by atoms with Gasteiger partial charge in [-0.1, -0.05) is 6.07 Å². The summed E-state index contributed by atoms with van der Waals surface area (Å²) in [5, 5.41) is 13.5. The number of anilines is 2. The topological polar surface area (TPSA) is 94.1 Å². The van der Waals surface area contributed by atoms with Gasteiger partial charge in [0.15, 0.2) is 11.6 Å². The molecule has 0 unspecified atom stereocenters. The van der Waals surface area contributed by atoms with Crippen LogP contribution in [-0.2, 0) is 6.54 Å². The Morgan fingerprint density at radius 2 is 2.00 bits per heavy atom. The average Bonchev–Trinajstić information content (AvgIpc) is 2.40. The highest BCUT2D eigenvalue weighted by Gasteiger charge is 2.15. The van der Waals surface area contributed by atoms with Gasteiger partial charge in [-0.05, 0) is 23.8 Å². The van der Waals surface area contributed by atoms with E-state index in [1.807, 2.05) is 0 Å². The van der Waals surface area contributed by atoms with Crippen LogP contribution in [0.1, 0.15) is 5.56 Å². The van der Waals surface area contributed by atoms with Crippen molar-refractivity contribution < 1.29 is 13.7 Å². The molecule has 0 spiro atoms. The van der Waals surface area contributed by atoms with E-state index in [-0.39, 0.29) is 23.9 Å². The first-order chi connectivity index (χ1) is 9.47. The van der Waals surface area contributed by atoms with Crippen LogP contribution in [0.5, 0.6) is 0 Å². The lowest BCUT2D eigenvalue weighted by atomic mass is 10.2. The van der Waals surface area contributed by atoms with E-state index >= 15 is 0 Å². The van der Waals surface area contributed by atoms with Crippen molar-refractivity contribution in [2.24, 2.45) is 0 Å². The number of halogens is 2. The molecule has 0 fully saturated rings. The molecule has 0 bridgehead atoms. The van der Waals surface area contributed by atoms with Crippen LogP contribution < -0.4 is 11.1 Å². The average molecular weight is 280 g/mol. The van der Waals surface area contributed by atoms with Gasteiger partial charge >= 0.3 is 5.69 Å². The van der Waals surface area contributed by atoms with E-state index < -0.39 is 16.6 Å². The molecule has 0 saturated heterocycles. The van der Waals surface area contributed by atoms with E-state index in [1.165, 1.54) is 18.2 Å². The molecule has 0 aliphatic rings. The minimum absolute atomic E-state index is 0.0280. The summed E-state index contributed by atoms with van der Waals surface area (Å²) in [6, 6.07) is 5.87. The van der Waals surface area contributed by atoms with Gasteiger partial charge in [0, 0.05) is 12.6 Å². The summed E-state index contributed by atoms with van der Waals surface area (Å²) in [6.07, 6.45) is 0. The van der Waals surface area contributed by atoms with Gasteiger partial charge in [0.1, 0.15) is 5.82 Å². The number of benzene rings is 1. The zero-order valence-electron chi connectivity index (χ0n) is 10.1. The van der Waals surface area contributed by atoms with Gasteiger partial charge in [-0.25, -0.2) is 13.8 Å². The Labute approximate surface area is 112 Å². The molecule has 1 aromatic heterocycles. The molecule has 1 heterocycles. The number of nitrogens with two attached hydrogens (primary N) is 1. The van der Waals surface area contributed by atoms with Crippen LogP contribution in [0.25, 0.3) is 0 Å². The molecule has 20 heavy (non-hydrogen) atoms.